The van der Waals surface area contributed by atoms with E-state index in [9.17, 15) is 0 Å². The molecule has 1 aliphatic rings. The SMILES string of the molecule is CCCOCCN1CCCCC1. The summed E-state index contributed by atoms with van der Waals surface area (Å²) in [5.74, 6) is 0. The standard InChI is InChI=1S/C10H21NO/c1-2-9-12-10-8-11-6-4-3-5-7-11/h2-10H2,1H3. The van der Waals surface area contributed by atoms with Crippen molar-refractivity contribution in [3.05, 3.63) is 0 Å². The molecule has 1 fully saturated rings. The molecule has 1 heterocycles. The minimum Gasteiger partial charge on any atom is -0.380 e. The summed E-state index contributed by atoms with van der Waals surface area (Å²) in [6.45, 7) is 7.72. The van der Waals surface area contributed by atoms with Crippen molar-refractivity contribution < 1.29 is 4.74 Å². The lowest BCUT2D eigenvalue weighted by Gasteiger charge is -2.25. The Bertz CT molecular complexity index is 100. The maximum atomic E-state index is 5.44. The predicted octanol–water partition coefficient (Wildman–Crippen LogP) is 1.90. The number of likely N-dealkylation sites (tertiary alicyclic amines) is 1. The highest BCUT2D eigenvalue weighted by atomic mass is 16.5. The zero-order chi connectivity index (χ0) is 8.65. The molecule has 2 nitrogen and oxygen atoms in total. The molecule has 2 heteroatoms. The fourth-order valence-electron chi connectivity index (χ4n) is 1.62. The van der Waals surface area contributed by atoms with Crippen LogP contribution in [0.25, 0.3) is 0 Å². The van der Waals surface area contributed by atoms with Gasteiger partial charge in [-0.2, -0.15) is 0 Å². The first-order chi connectivity index (χ1) is 5.93. The molecule has 0 radical (unpaired) electrons. The fourth-order valence-corrected chi connectivity index (χ4v) is 1.62. The van der Waals surface area contributed by atoms with Crippen LogP contribution in [0.2, 0.25) is 0 Å². The van der Waals surface area contributed by atoms with Gasteiger partial charge in [0.1, 0.15) is 0 Å². The molecular weight excluding hydrogens is 150 g/mol. The molecule has 0 spiro atoms. The molecule has 0 N–H and O–H groups in total. The van der Waals surface area contributed by atoms with E-state index in [0.29, 0.717) is 0 Å². The quantitative estimate of drug-likeness (QED) is 0.586. The monoisotopic (exact) mass is 171 g/mol. The average Bonchev–Trinajstić information content (AvgIpc) is 2.14. The van der Waals surface area contributed by atoms with Gasteiger partial charge in [-0.25, -0.2) is 0 Å². The Morgan fingerprint density at radius 2 is 1.83 bits per heavy atom. The molecule has 0 atom stereocenters. The van der Waals surface area contributed by atoms with E-state index < -0.39 is 0 Å². The van der Waals surface area contributed by atoms with E-state index >= 15 is 0 Å². The highest BCUT2D eigenvalue weighted by molar-refractivity contribution is 4.63. The summed E-state index contributed by atoms with van der Waals surface area (Å²) in [4.78, 5) is 2.51. The van der Waals surface area contributed by atoms with E-state index in [4.69, 9.17) is 4.74 Å². The number of hydrogen-bond donors (Lipinski definition) is 0. The minimum atomic E-state index is 0.924. The number of ether oxygens (including phenoxy) is 1. The maximum absolute atomic E-state index is 5.44. The second-order valence-corrected chi connectivity index (χ2v) is 3.51. The molecule has 0 amide bonds. The van der Waals surface area contributed by atoms with Gasteiger partial charge in [-0.05, 0) is 32.4 Å². The molecule has 0 aromatic carbocycles. The first-order valence-electron chi connectivity index (χ1n) is 5.23. The van der Waals surface area contributed by atoms with Crippen molar-refractivity contribution in [1.82, 2.24) is 4.90 Å². The summed E-state index contributed by atoms with van der Waals surface area (Å²) in [7, 11) is 0. The van der Waals surface area contributed by atoms with Crippen molar-refractivity contribution in [2.75, 3.05) is 32.8 Å². The molecule has 1 rings (SSSR count). The molecule has 0 aromatic heterocycles. The van der Waals surface area contributed by atoms with Gasteiger partial charge in [-0.1, -0.05) is 13.3 Å². The Morgan fingerprint density at radius 1 is 1.08 bits per heavy atom. The van der Waals surface area contributed by atoms with E-state index in [2.05, 4.69) is 11.8 Å². The van der Waals surface area contributed by atoms with Crippen molar-refractivity contribution in [3.63, 3.8) is 0 Å². The molecule has 0 bridgehead atoms. The Morgan fingerprint density at radius 3 is 2.50 bits per heavy atom. The van der Waals surface area contributed by atoms with E-state index in [0.717, 1.165) is 26.2 Å². The average molecular weight is 171 g/mol. The van der Waals surface area contributed by atoms with Crippen LogP contribution in [0.3, 0.4) is 0 Å². The molecular formula is C10H21NO. The predicted molar refractivity (Wildman–Crippen MR) is 51.4 cm³/mol. The molecule has 0 unspecified atom stereocenters. The Balaban J connectivity index is 1.91. The normalized spacial score (nSPS) is 19.8. The minimum absolute atomic E-state index is 0.924. The third-order valence-corrected chi connectivity index (χ3v) is 2.35. The maximum Gasteiger partial charge on any atom is 0.0593 e. The Hall–Kier alpha value is -0.0800. The smallest absolute Gasteiger partial charge is 0.0593 e. The summed E-state index contributed by atoms with van der Waals surface area (Å²) in [5.41, 5.74) is 0. The van der Waals surface area contributed by atoms with Crippen LogP contribution >= 0.6 is 0 Å². The van der Waals surface area contributed by atoms with Crippen molar-refractivity contribution in [2.24, 2.45) is 0 Å². The zero-order valence-electron chi connectivity index (χ0n) is 8.22. The summed E-state index contributed by atoms with van der Waals surface area (Å²) in [6.07, 6.45) is 5.33. The molecule has 1 saturated heterocycles. The van der Waals surface area contributed by atoms with Gasteiger partial charge in [0.2, 0.25) is 0 Å². The first kappa shape index (κ1) is 10.0. The molecule has 0 aliphatic carbocycles. The Kier molecular flexibility index (Phi) is 5.37. The summed E-state index contributed by atoms with van der Waals surface area (Å²) in [5, 5.41) is 0. The zero-order valence-corrected chi connectivity index (χ0v) is 8.22. The van der Waals surface area contributed by atoms with Crippen LogP contribution < -0.4 is 0 Å². The molecule has 72 valence electrons. The lowest BCUT2D eigenvalue weighted by Crippen LogP contribution is -2.32. The summed E-state index contributed by atoms with van der Waals surface area (Å²) < 4.78 is 5.44. The van der Waals surface area contributed by atoms with Gasteiger partial charge >= 0.3 is 0 Å². The van der Waals surface area contributed by atoms with E-state index in [1.165, 1.54) is 32.4 Å². The van der Waals surface area contributed by atoms with Crippen LogP contribution in [0.15, 0.2) is 0 Å². The van der Waals surface area contributed by atoms with Crippen molar-refractivity contribution in [2.45, 2.75) is 32.6 Å². The number of nitrogens with zero attached hydrogens (tertiary/aromatic N) is 1. The molecule has 0 aromatic rings. The summed E-state index contributed by atoms with van der Waals surface area (Å²) >= 11 is 0. The Labute approximate surface area is 75.9 Å². The number of hydrogen-bond acceptors (Lipinski definition) is 2. The van der Waals surface area contributed by atoms with Gasteiger partial charge in [0.05, 0.1) is 6.61 Å². The van der Waals surface area contributed by atoms with Crippen LogP contribution in [0, 0.1) is 0 Å². The fraction of sp³-hybridized carbons (Fsp3) is 1.00. The van der Waals surface area contributed by atoms with E-state index in [1.54, 1.807) is 0 Å². The van der Waals surface area contributed by atoms with Gasteiger partial charge < -0.3 is 9.64 Å². The largest absolute Gasteiger partial charge is 0.380 e. The van der Waals surface area contributed by atoms with Gasteiger partial charge in [0, 0.05) is 13.2 Å². The summed E-state index contributed by atoms with van der Waals surface area (Å²) in [6, 6.07) is 0. The second kappa shape index (κ2) is 6.44. The van der Waals surface area contributed by atoms with Crippen molar-refractivity contribution >= 4 is 0 Å². The third-order valence-electron chi connectivity index (χ3n) is 2.35. The van der Waals surface area contributed by atoms with Gasteiger partial charge in [0.25, 0.3) is 0 Å². The highest BCUT2D eigenvalue weighted by Gasteiger charge is 2.08. The topological polar surface area (TPSA) is 12.5 Å². The van der Waals surface area contributed by atoms with Crippen molar-refractivity contribution in [1.29, 1.82) is 0 Å². The van der Waals surface area contributed by atoms with Crippen molar-refractivity contribution in [3.8, 4) is 0 Å². The van der Waals surface area contributed by atoms with Gasteiger partial charge in [-0.15, -0.1) is 0 Å². The highest BCUT2D eigenvalue weighted by Crippen LogP contribution is 2.07. The third kappa shape index (κ3) is 4.07. The van der Waals surface area contributed by atoms with Crippen LogP contribution in [0.1, 0.15) is 32.6 Å². The molecule has 12 heavy (non-hydrogen) atoms. The van der Waals surface area contributed by atoms with E-state index in [1.807, 2.05) is 0 Å². The number of piperidine rings is 1. The first-order valence-corrected chi connectivity index (χ1v) is 5.23. The van der Waals surface area contributed by atoms with Gasteiger partial charge in [0.15, 0.2) is 0 Å². The van der Waals surface area contributed by atoms with Crippen LogP contribution in [0.5, 0.6) is 0 Å². The number of rotatable bonds is 5. The van der Waals surface area contributed by atoms with Crippen LogP contribution in [0.4, 0.5) is 0 Å². The van der Waals surface area contributed by atoms with Crippen LogP contribution in [-0.4, -0.2) is 37.7 Å². The lowest BCUT2D eigenvalue weighted by atomic mass is 10.1. The molecule has 1 aliphatic heterocycles. The lowest BCUT2D eigenvalue weighted by molar-refractivity contribution is 0.0969. The molecule has 0 saturated carbocycles. The van der Waals surface area contributed by atoms with Crippen LogP contribution in [-0.2, 0) is 4.74 Å². The van der Waals surface area contributed by atoms with E-state index in [-0.39, 0.29) is 0 Å². The second-order valence-electron chi connectivity index (χ2n) is 3.51. The van der Waals surface area contributed by atoms with Gasteiger partial charge in [-0.3, -0.25) is 0 Å².